The minimum atomic E-state index is -0.464. The first kappa shape index (κ1) is 11.3. The van der Waals surface area contributed by atoms with Crippen molar-refractivity contribution in [1.82, 2.24) is 5.32 Å². The van der Waals surface area contributed by atoms with Gasteiger partial charge in [-0.1, -0.05) is 0 Å². The van der Waals surface area contributed by atoms with Crippen LogP contribution in [-0.4, -0.2) is 47.4 Å². The molecule has 0 aromatic heterocycles. The van der Waals surface area contributed by atoms with Crippen molar-refractivity contribution < 1.29 is 9.22 Å². The second-order valence-corrected chi connectivity index (χ2v) is 5.84. The van der Waals surface area contributed by atoms with Crippen LogP contribution >= 0.6 is 0 Å². The van der Waals surface area contributed by atoms with Gasteiger partial charge in [0.2, 0.25) is 0 Å². The molecule has 0 saturated heterocycles. The molecule has 81 valence electrons. The molecule has 0 N–H and O–H groups in total. The van der Waals surface area contributed by atoms with E-state index in [9.17, 15) is 5.21 Å². The third-order valence-corrected chi connectivity index (χ3v) is 3.17. The van der Waals surface area contributed by atoms with E-state index in [0.29, 0.717) is 10.4 Å². The molecular weight excluding hydrogens is 178 g/mol. The zero-order valence-corrected chi connectivity index (χ0v) is 10.2. The van der Waals surface area contributed by atoms with E-state index < -0.39 is 5.54 Å². The van der Waals surface area contributed by atoms with Gasteiger partial charge in [-0.05, 0) is 33.0 Å². The van der Waals surface area contributed by atoms with Crippen LogP contribution in [0.3, 0.4) is 0 Å². The molecule has 1 aliphatic rings. The van der Waals surface area contributed by atoms with Crippen LogP contribution in [0.25, 0.3) is 0 Å². The smallest absolute Gasteiger partial charge is 0.490 e. The maximum absolute atomic E-state index is 12.1. The van der Waals surface area contributed by atoms with E-state index >= 15 is 0 Å². The van der Waals surface area contributed by atoms with E-state index in [1.54, 1.807) is 0 Å². The molecular formula is C10H21N3O+. The monoisotopic (exact) mass is 199 g/mol. The Balaban J connectivity index is 3.21. The molecule has 0 fully saturated rings. The minimum Gasteiger partial charge on any atom is -0.711 e. The fourth-order valence-electron chi connectivity index (χ4n) is 1.35. The van der Waals surface area contributed by atoms with Crippen LogP contribution in [0.2, 0.25) is 0 Å². The zero-order chi connectivity index (χ0) is 11.4. The molecule has 0 aliphatic carbocycles. The quantitative estimate of drug-likeness (QED) is 0.322. The van der Waals surface area contributed by atoms with Gasteiger partial charge in [0.15, 0.2) is 11.1 Å². The molecule has 1 heterocycles. The molecule has 14 heavy (non-hydrogen) atoms. The summed E-state index contributed by atoms with van der Waals surface area (Å²) in [6, 6.07) is 0. The van der Waals surface area contributed by atoms with E-state index in [-0.39, 0.29) is 5.54 Å². The summed E-state index contributed by atoms with van der Waals surface area (Å²) in [6.45, 7) is 7.87. The lowest BCUT2D eigenvalue weighted by molar-refractivity contribution is -0.807. The first-order valence-corrected chi connectivity index (χ1v) is 4.89. The summed E-state index contributed by atoms with van der Waals surface area (Å²) in [4.78, 5) is 0. The van der Waals surface area contributed by atoms with Crippen LogP contribution in [0.5, 0.6) is 0 Å². The topological polar surface area (TPSA) is 40.2 Å². The van der Waals surface area contributed by atoms with Crippen molar-refractivity contribution in [2.75, 3.05) is 21.1 Å². The number of guanidine groups is 1. The molecule has 0 unspecified atom stereocenters. The number of hydrogen-bond acceptors (Lipinski definition) is 1. The van der Waals surface area contributed by atoms with Gasteiger partial charge in [0, 0.05) is 0 Å². The molecule has 1 radical (unpaired) electrons. The minimum absolute atomic E-state index is 0.324. The molecule has 0 spiro atoms. The van der Waals surface area contributed by atoms with Gasteiger partial charge in [0.1, 0.15) is 0 Å². The highest BCUT2D eigenvalue weighted by molar-refractivity contribution is 5.70. The van der Waals surface area contributed by atoms with E-state index in [0.717, 1.165) is 4.74 Å². The maximum Gasteiger partial charge on any atom is 0.490 e. The van der Waals surface area contributed by atoms with Gasteiger partial charge in [-0.2, -0.15) is 0 Å². The molecule has 0 bridgehead atoms. The molecule has 0 aromatic rings. The van der Waals surface area contributed by atoms with Crippen molar-refractivity contribution in [1.29, 1.82) is 0 Å². The average molecular weight is 199 g/mol. The Morgan fingerprint density at radius 2 is 1.57 bits per heavy atom. The van der Waals surface area contributed by atoms with Crippen LogP contribution in [0.4, 0.5) is 0 Å². The number of nitrogens with zero attached hydrogens (tertiary/aromatic N) is 3. The van der Waals surface area contributed by atoms with Crippen molar-refractivity contribution in [3.63, 3.8) is 0 Å². The second kappa shape index (κ2) is 2.63. The fourth-order valence-corrected chi connectivity index (χ4v) is 1.35. The van der Waals surface area contributed by atoms with E-state index in [1.807, 2.05) is 48.8 Å². The van der Waals surface area contributed by atoms with Crippen LogP contribution in [0, 0.1) is 5.21 Å². The third-order valence-electron chi connectivity index (χ3n) is 3.17. The lowest BCUT2D eigenvalue weighted by atomic mass is 9.84. The van der Waals surface area contributed by atoms with Crippen LogP contribution < -0.4 is 5.32 Å². The molecule has 0 amide bonds. The Labute approximate surface area is 86.4 Å². The van der Waals surface area contributed by atoms with Gasteiger partial charge in [0.25, 0.3) is 0 Å². The van der Waals surface area contributed by atoms with Gasteiger partial charge < -0.3 is 5.21 Å². The first-order chi connectivity index (χ1) is 6.00. The second-order valence-electron chi connectivity index (χ2n) is 5.84. The van der Waals surface area contributed by atoms with Gasteiger partial charge in [-0.3, -0.25) is 0 Å². The number of quaternary nitrogens is 1. The molecule has 4 heteroatoms. The lowest BCUT2D eigenvalue weighted by Crippen LogP contribution is -2.51. The van der Waals surface area contributed by atoms with Crippen molar-refractivity contribution in [2.45, 2.75) is 38.8 Å². The van der Waals surface area contributed by atoms with Crippen LogP contribution in [-0.2, 0) is 0 Å². The van der Waals surface area contributed by atoms with Crippen molar-refractivity contribution >= 4 is 5.96 Å². The van der Waals surface area contributed by atoms with Crippen LogP contribution in [0.15, 0.2) is 0 Å². The summed E-state index contributed by atoms with van der Waals surface area (Å²) in [5, 5.41) is 16.6. The Morgan fingerprint density at radius 3 is 1.71 bits per heavy atom. The standard InChI is InChI=1S/C10H21N3O/c1-9(2)10(3,4)12(14)8(11-9)13(5,6)7/h1-7H3/q+1. The SMILES string of the molecule is CC1(C)[N]C([N+](C)(C)C)=[N+]([O-])C1(C)C. The predicted octanol–water partition coefficient (Wildman–Crippen LogP) is 0.734. The molecule has 1 rings (SSSR count). The average Bonchev–Trinajstić information content (AvgIpc) is 2.09. The largest absolute Gasteiger partial charge is 0.711 e. The molecule has 1 aliphatic heterocycles. The molecule has 0 atom stereocenters. The summed E-state index contributed by atoms with van der Waals surface area (Å²) in [5.74, 6) is 0.597. The van der Waals surface area contributed by atoms with Crippen molar-refractivity contribution in [3.05, 3.63) is 5.21 Å². The number of hydrogen-bond donors (Lipinski definition) is 0. The first-order valence-electron chi connectivity index (χ1n) is 4.89. The summed E-state index contributed by atoms with van der Waals surface area (Å²) < 4.78 is 1.52. The highest BCUT2D eigenvalue weighted by atomic mass is 16.5. The number of hydroxylamine groups is 1. The number of rotatable bonds is 0. The van der Waals surface area contributed by atoms with Crippen LogP contribution in [0.1, 0.15) is 27.7 Å². The Kier molecular flexibility index (Phi) is 2.12. The molecule has 4 nitrogen and oxygen atoms in total. The summed E-state index contributed by atoms with van der Waals surface area (Å²) in [5.41, 5.74) is -0.788. The summed E-state index contributed by atoms with van der Waals surface area (Å²) in [7, 11) is 5.88. The van der Waals surface area contributed by atoms with E-state index in [2.05, 4.69) is 5.32 Å². The van der Waals surface area contributed by atoms with Gasteiger partial charge >= 0.3 is 5.96 Å². The van der Waals surface area contributed by atoms with Crippen molar-refractivity contribution in [3.8, 4) is 0 Å². The van der Waals surface area contributed by atoms with Gasteiger partial charge in [-0.15, -0.1) is 0 Å². The summed E-state index contributed by atoms with van der Waals surface area (Å²) in [6.07, 6.45) is 0. The van der Waals surface area contributed by atoms with E-state index in [1.165, 1.54) is 0 Å². The highest BCUT2D eigenvalue weighted by Gasteiger charge is 2.59. The predicted molar refractivity (Wildman–Crippen MR) is 57.0 cm³/mol. The third kappa shape index (κ3) is 1.38. The van der Waals surface area contributed by atoms with Gasteiger partial charge in [0.05, 0.1) is 21.1 Å². The van der Waals surface area contributed by atoms with Gasteiger partial charge in [-0.25, -0.2) is 9.22 Å². The Hall–Kier alpha value is -0.770. The molecule has 0 aromatic carbocycles. The zero-order valence-electron chi connectivity index (χ0n) is 10.2. The molecule has 0 saturated carbocycles. The fraction of sp³-hybridized carbons (Fsp3) is 0.900. The highest BCUT2D eigenvalue weighted by Crippen LogP contribution is 2.31. The Bertz CT molecular complexity index is 284. The lowest BCUT2D eigenvalue weighted by Gasteiger charge is -2.29. The maximum atomic E-state index is 12.1. The van der Waals surface area contributed by atoms with Crippen molar-refractivity contribution in [2.24, 2.45) is 0 Å². The normalized spacial score (nSPS) is 25.1. The Morgan fingerprint density at radius 1 is 1.14 bits per heavy atom. The van der Waals surface area contributed by atoms with E-state index in [4.69, 9.17) is 0 Å². The summed E-state index contributed by atoms with van der Waals surface area (Å²) >= 11 is 0.